The second-order valence-electron chi connectivity index (χ2n) is 6.33. The Morgan fingerprint density at radius 1 is 1.28 bits per heavy atom. The number of carbonyl (C=O) groups is 1. The van der Waals surface area contributed by atoms with E-state index in [1.807, 2.05) is 30.3 Å². The van der Waals surface area contributed by atoms with E-state index in [9.17, 15) is 9.18 Å². The number of hydrogen-bond acceptors (Lipinski definition) is 3. The predicted molar refractivity (Wildman–Crippen MR) is 97.1 cm³/mol. The van der Waals surface area contributed by atoms with E-state index in [0.29, 0.717) is 25.1 Å². The number of amides is 1. The maximum absolute atomic E-state index is 13.5. The maximum Gasteiger partial charge on any atom is 0.410 e. The molecule has 2 aromatic carbocycles. The van der Waals surface area contributed by atoms with Gasteiger partial charge in [0.25, 0.3) is 0 Å². The Labute approximate surface area is 153 Å². The molecule has 1 aliphatic rings. The Balaban J connectivity index is 0.00000225. The molecule has 4 nitrogen and oxygen atoms in total. The van der Waals surface area contributed by atoms with Crippen LogP contribution in [0.3, 0.4) is 0 Å². The van der Waals surface area contributed by atoms with Crippen molar-refractivity contribution in [1.82, 2.24) is 4.90 Å². The van der Waals surface area contributed by atoms with E-state index in [1.165, 1.54) is 6.07 Å². The van der Waals surface area contributed by atoms with E-state index in [1.54, 1.807) is 24.0 Å². The van der Waals surface area contributed by atoms with Crippen molar-refractivity contribution in [2.45, 2.75) is 25.5 Å². The molecule has 2 N–H and O–H groups in total. The second-order valence-corrected chi connectivity index (χ2v) is 6.33. The molecule has 0 bridgehead atoms. The molecule has 1 unspecified atom stereocenters. The van der Waals surface area contributed by atoms with Crippen molar-refractivity contribution in [3.05, 3.63) is 71.0 Å². The normalized spacial score (nSPS) is 19.4. The van der Waals surface area contributed by atoms with Gasteiger partial charge in [0.2, 0.25) is 0 Å². The molecule has 0 radical (unpaired) electrons. The highest BCUT2D eigenvalue weighted by atomic mass is 35.5. The molecule has 1 atom stereocenters. The third-order valence-electron chi connectivity index (χ3n) is 4.50. The van der Waals surface area contributed by atoms with Crippen LogP contribution in [0, 0.1) is 12.7 Å². The van der Waals surface area contributed by atoms with Crippen molar-refractivity contribution < 1.29 is 13.9 Å². The predicted octanol–water partition coefficient (Wildman–Crippen LogP) is 3.75. The minimum atomic E-state index is -0.662. The SMILES string of the molecule is Cc1cc(C2(N)CCN(C(=O)OCc3ccccc3)C2)ccc1F.Cl. The van der Waals surface area contributed by atoms with E-state index in [2.05, 4.69) is 0 Å². The summed E-state index contributed by atoms with van der Waals surface area (Å²) in [7, 11) is 0. The number of benzene rings is 2. The van der Waals surface area contributed by atoms with Crippen molar-refractivity contribution in [2.24, 2.45) is 5.73 Å². The van der Waals surface area contributed by atoms with Crippen molar-refractivity contribution in [2.75, 3.05) is 13.1 Å². The van der Waals surface area contributed by atoms with Gasteiger partial charge in [-0.05, 0) is 36.1 Å². The lowest BCUT2D eigenvalue weighted by Crippen LogP contribution is -2.41. The number of carbonyl (C=O) groups excluding carboxylic acids is 1. The van der Waals surface area contributed by atoms with Crippen LogP contribution in [0.1, 0.15) is 23.1 Å². The Morgan fingerprint density at radius 3 is 2.68 bits per heavy atom. The average Bonchev–Trinajstić information content (AvgIpc) is 3.00. The summed E-state index contributed by atoms with van der Waals surface area (Å²) in [5.41, 5.74) is 8.15. The molecule has 1 aliphatic heterocycles. The van der Waals surface area contributed by atoms with Crippen LogP contribution in [0.2, 0.25) is 0 Å². The van der Waals surface area contributed by atoms with Gasteiger partial charge in [-0.25, -0.2) is 9.18 Å². The number of halogens is 2. The van der Waals surface area contributed by atoms with Gasteiger partial charge in [0, 0.05) is 13.1 Å². The standard InChI is InChI=1S/C19H21FN2O2.ClH/c1-14-11-16(7-8-17(14)20)19(21)9-10-22(13-19)18(23)24-12-15-5-3-2-4-6-15;/h2-8,11H,9-10,12-13,21H2,1H3;1H. The Hall–Kier alpha value is -2.11. The molecule has 1 heterocycles. The van der Waals surface area contributed by atoms with Gasteiger partial charge in [-0.1, -0.05) is 42.5 Å². The van der Waals surface area contributed by atoms with Gasteiger partial charge in [-0.3, -0.25) is 0 Å². The highest BCUT2D eigenvalue weighted by Crippen LogP contribution is 2.31. The molecule has 25 heavy (non-hydrogen) atoms. The molecule has 1 saturated heterocycles. The van der Waals surface area contributed by atoms with E-state index in [-0.39, 0.29) is 30.9 Å². The van der Waals surface area contributed by atoms with Gasteiger partial charge < -0.3 is 15.4 Å². The molecule has 0 saturated carbocycles. The lowest BCUT2D eigenvalue weighted by molar-refractivity contribution is 0.102. The summed E-state index contributed by atoms with van der Waals surface area (Å²) in [5, 5.41) is 0. The van der Waals surface area contributed by atoms with Crippen LogP contribution >= 0.6 is 12.4 Å². The minimum absolute atomic E-state index is 0. The maximum atomic E-state index is 13.5. The lowest BCUT2D eigenvalue weighted by Gasteiger charge is -2.25. The zero-order chi connectivity index (χ0) is 17.2. The van der Waals surface area contributed by atoms with Crippen molar-refractivity contribution in [3.63, 3.8) is 0 Å². The van der Waals surface area contributed by atoms with E-state index in [0.717, 1.165) is 11.1 Å². The quantitative estimate of drug-likeness (QED) is 0.902. The Bertz CT molecular complexity index is 741. The van der Waals surface area contributed by atoms with Crippen LogP contribution in [0.4, 0.5) is 9.18 Å². The van der Waals surface area contributed by atoms with Crippen molar-refractivity contribution in [3.8, 4) is 0 Å². The molecule has 0 aromatic heterocycles. The smallest absolute Gasteiger partial charge is 0.410 e. The highest BCUT2D eigenvalue weighted by molar-refractivity contribution is 5.85. The van der Waals surface area contributed by atoms with E-state index >= 15 is 0 Å². The molecule has 1 fully saturated rings. The molecule has 2 aromatic rings. The van der Waals surface area contributed by atoms with Gasteiger partial charge in [0.05, 0.1) is 5.54 Å². The first-order chi connectivity index (χ1) is 11.5. The molecule has 3 rings (SSSR count). The van der Waals surface area contributed by atoms with Crippen molar-refractivity contribution >= 4 is 18.5 Å². The summed E-state index contributed by atoms with van der Waals surface area (Å²) in [6.07, 6.45) is 0.253. The number of ether oxygens (including phenoxy) is 1. The van der Waals surface area contributed by atoms with Gasteiger partial charge in [0.1, 0.15) is 12.4 Å². The number of nitrogens with zero attached hydrogens (tertiary/aromatic N) is 1. The van der Waals surface area contributed by atoms with Crippen LogP contribution in [0.25, 0.3) is 0 Å². The Kier molecular flexibility index (Phi) is 6.03. The second kappa shape index (κ2) is 7.85. The first-order valence-electron chi connectivity index (χ1n) is 7.99. The number of nitrogens with two attached hydrogens (primary N) is 1. The van der Waals surface area contributed by atoms with Gasteiger partial charge in [-0.15, -0.1) is 12.4 Å². The number of likely N-dealkylation sites (tertiary alicyclic amines) is 1. The lowest BCUT2D eigenvalue weighted by atomic mass is 9.89. The van der Waals surface area contributed by atoms with Crippen LogP contribution in [0.15, 0.2) is 48.5 Å². The summed E-state index contributed by atoms with van der Waals surface area (Å²) in [5.74, 6) is -0.250. The first-order valence-corrected chi connectivity index (χ1v) is 7.99. The molecule has 134 valence electrons. The largest absolute Gasteiger partial charge is 0.445 e. The fourth-order valence-electron chi connectivity index (χ4n) is 2.99. The van der Waals surface area contributed by atoms with E-state index < -0.39 is 5.54 Å². The topological polar surface area (TPSA) is 55.6 Å². The van der Waals surface area contributed by atoms with Crippen molar-refractivity contribution in [1.29, 1.82) is 0 Å². The van der Waals surface area contributed by atoms with Gasteiger partial charge >= 0.3 is 6.09 Å². The third-order valence-corrected chi connectivity index (χ3v) is 4.50. The van der Waals surface area contributed by atoms with E-state index in [4.69, 9.17) is 10.5 Å². The number of aryl methyl sites for hydroxylation is 1. The number of rotatable bonds is 3. The zero-order valence-corrected chi connectivity index (χ0v) is 14.9. The third kappa shape index (κ3) is 4.30. The minimum Gasteiger partial charge on any atom is -0.445 e. The summed E-state index contributed by atoms with van der Waals surface area (Å²) in [4.78, 5) is 13.9. The molecule has 1 amide bonds. The van der Waals surface area contributed by atoms with Gasteiger partial charge in [-0.2, -0.15) is 0 Å². The molecular weight excluding hydrogens is 343 g/mol. The van der Waals surface area contributed by atoms with Crippen LogP contribution in [0.5, 0.6) is 0 Å². The summed E-state index contributed by atoms with van der Waals surface area (Å²) in [6, 6.07) is 14.4. The monoisotopic (exact) mass is 364 g/mol. The molecule has 0 aliphatic carbocycles. The summed E-state index contributed by atoms with van der Waals surface area (Å²) < 4.78 is 18.8. The number of hydrogen-bond donors (Lipinski definition) is 1. The molecule has 6 heteroatoms. The summed E-state index contributed by atoms with van der Waals surface area (Å²) >= 11 is 0. The fraction of sp³-hybridized carbons (Fsp3) is 0.316. The van der Waals surface area contributed by atoms with Gasteiger partial charge in [0.15, 0.2) is 0 Å². The van der Waals surface area contributed by atoms with Crippen LogP contribution in [-0.2, 0) is 16.9 Å². The highest BCUT2D eigenvalue weighted by Gasteiger charge is 2.39. The molecular formula is C19H22ClFN2O2. The van der Waals surface area contributed by atoms with Crippen LogP contribution < -0.4 is 5.73 Å². The average molecular weight is 365 g/mol. The molecule has 0 spiro atoms. The fourth-order valence-corrected chi connectivity index (χ4v) is 2.99. The first kappa shape index (κ1) is 19.2. The zero-order valence-electron chi connectivity index (χ0n) is 14.1. The Morgan fingerprint density at radius 2 is 2.00 bits per heavy atom. The van der Waals surface area contributed by atoms with Crippen LogP contribution in [-0.4, -0.2) is 24.1 Å². The summed E-state index contributed by atoms with van der Waals surface area (Å²) in [6.45, 7) is 2.85.